The lowest BCUT2D eigenvalue weighted by molar-refractivity contribution is -0.137. The summed E-state index contributed by atoms with van der Waals surface area (Å²) in [6.07, 6.45) is -1.61. The Balaban J connectivity index is 2.52. The topological polar surface area (TPSA) is 0 Å². The molecule has 0 spiro atoms. The average molecular weight is 277 g/mol. The predicted octanol–water partition coefficient (Wildman–Crippen LogP) is 5.52. The van der Waals surface area contributed by atoms with Crippen molar-refractivity contribution in [1.82, 2.24) is 0 Å². The zero-order valence-electron chi connectivity index (χ0n) is 11.3. The molecule has 0 nitrogen and oxygen atoms in total. The maximum Gasteiger partial charge on any atom is 0.417 e. The second-order valence-electron chi connectivity index (χ2n) is 4.72. The highest BCUT2D eigenvalue weighted by atomic mass is 19.4. The molecule has 0 amide bonds. The minimum absolute atomic E-state index is 0.215. The molecule has 2 aromatic rings. The lowest BCUT2D eigenvalue weighted by Gasteiger charge is -2.15. The van der Waals surface area contributed by atoms with Crippen molar-refractivity contribution in [2.75, 3.05) is 0 Å². The molecule has 0 fully saturated rings. The fraction of sp³-hybridized carbons (Fsp3) is 0.294. The summed E-state index contributed by atoms with van der Waals surface area (Å²) in [6.45, 7) is 2.07. The Hall–Kier alpha value is -1.77. The molecule has 2 aromatic carbocycles. The smallest absolute Gasteiger partial charge is 0.166 e. The third kappa shape index (κ3) is 3.21. The van der Waals surface area contributed by atoms with Crippen molar-refractivity contribution in [2.45, 2.75) is 32.4 Å². The van der Waals surface area contributed by atoms with E-state index in [1.54, 1.807) is 12.1 Å². The number of unbranched alkanes of at least 4 members (excludes halogenated alkanes) is 1. The van der Waals surface area contributed by atoms with E-state index in [2.05, 4.69) is 13.0 Å². The Labute approximate surface area is 117 Å². The van der Waals surface area contributed by atoms with Gasteiger partial charge in [-0.1, -0.05) is 49.7 Å². The summed E-state index contributed by atoms with van der Waals surface area (Å²) in [7, 11) is 0. The SMILES string of the molecule is CCCCc1ccc[c]c1-c1ccccc1C(F)(F)F. The van der Waals surface area contributed by atoms with Crippen LogP contribution < -0.4 is 0 Å². The summed E-state index contributed by atoms with van der Waals surface area (Å²) in [5.74, 6) is 0. The predicted molar refractivity (Wildman–Crippen MR) is 74.3 cm³/mol. The van der Waals surface area contributed by atoms with Crippen LogP contribution in [0.25, 0.3) is 11.1 Å². The van der Waals surface area contributed by atoms with Gasteiger partial charge in [-0.25, -0.2) is 0 Å². The van der Waals surface area contributed by atoms with Crippen molar-refractivity contribution >= 4 is 0 Å². The number of hydrogen-bond acceptors (Lipinski definition) is 0. The Bertz CT molecular complexity index is 570. The molecular formula is C17H16F3. The molecule has 0 aromatic heterocycles. The van der Waals surface area contributed by atoms with Crippen molar-refractivity contribution < 1.29 is 13.2 Å². The fourth-order valence-electron chi connectivity index (χ4n) is 2.25. The first-order valence-corrected chi connectivity index (χ1v) is 6.70. The summed E-state index contributed by atoms with van der Waals surface area (Å²) in [5.41, 5.74) is 1.10. The monoisotopic (exact) mass is 277 g/mol. The van der Waals surface area contributed by atoms with Crippen LogP contribution in [-0.4, -0.2) is 0 Å². The number of hydrogen-bond donors (Lipinski definition) is 0. The molecule has 0 bridgehead atoms. The van der Waals surface area contributed by atoms with E-state index in [0.29, 0.717) is 5.56 Å². The number of rotatable bonds is 4. The second kappa shape index (κ2) is 6.12. The van der Waals surface area contributed by atoms with Crippen molar-refractivity contribution in [3.63, 3.8) is 0 Å². The normalized spacial score (nSPS) is 11.6. The standard InChI is InChI=1S/C17H16F3/c1-2-3-8-13-9-4-5-10-14(13)15-11-6-7-12-16(15)17(18,19)20/h4-7,9,11-12H,2-3,8H2,1H3. The van der Waals surface area contributed by atoms with Crippen LogP contribution in [0.5, 0.6) is 0 Å². The van der Waals surface area contributed by atoms with E-state index in [-0.39, 0.29) is 5.56 Å². The zero-order chi connectivity index (χ0) is 14.6. The van der Waals surface area contributed by atoms with Gasteiger partial charge in [0, 0.05) is 0 Å². The summed E-state index contributed by atoms with van der Waals surface area (Å²) in [5, 5.41) is 0. The molecule has 0 saturated heterocycles. The first-order valence-electron chi connectivity index (χ1n) is 6.70. The van der Waals surface area contributed by atoms with Crippen LogP contribution in [0.3, 0.4) is 0 Å². The van der Waals surface area contributed by atoms with Gasteiger partial charge in [-0.05, 0) is 41.7 Å². The van der Waals surface area contributed by atoms with Crippen molar-refractivity contribution in [2.24, 2.45) is 0 Å². The molecule has 0 aliphatic rings. The van der Waals surface area contributed by atoms with Crippen molar-refractivity contribution in [3.05, 3.63) is 59.7 Å². The van der Waals surface area contributed by atoms with Gasteiger partial charge in [0.25, 0.3) is 0 Å². The maximum absolute atomic E-state index is 13.1. The number of alkyl halides is 3. The highest BCUT2D eigenvalue weighted by molar-refractivity contribution is 5.70. The Morgan fingerprint density at radius 3 is 2.50 bits per heavy atom. The van der Waals surface area contributed by atoms with Crippen LogP contribution in [0.15, 0.2) is 42.5 Å². The lowest BCUT2D eigenvalue weighted by atomic mass is 9.93. The van der Waals surface area contributed by atoms with E-state index in [9.17, 15) is 13.2 Å². The minimum Gasteiger partial charge on any atom is -0.166 e. The van der Waals surface area contributed by atoms with Gasteiger partial charge in [0.05, 0.1) is 5.56 Å². The van der Waals surface area contributed by atoms with Crippen LogP contribution >= 0.6 is 0 Å². The maximum atomic E-state index is 13.1. The average Bonchev–Trinajstić information content (AvgIpc) is 2.44. The molecule has 105 valence electrons. The highest BCUT2D eigenvalue weighted by Gasteiger charge is 2.33. The van der Waals surface area contributed by atoms with Crippen LogP contribution in [0.2, 0.25) is 0 Å². The van der Waals surface area contributed by atoms with Gasteiger partial charge in [-0.2, -0.15) is 13.2 Å². The third-order valence-corrected chi connectivity index (χ3v) is 3.24. The van der Waals surface area contributed by atoms with Crippen LogP contribution in [0.4, 0.5) is 13.2 Å². The van der Waals surface area contributed by atoms with E-state index >= 15 is 0 Å². The van der Waals surface area contributed by atoms with Crippen LogP contribution in [0.1, 0.15) is 30.9 Å². The third-order valence-electron chi connectivity index (χ3n) is 3.24. The van der Waals surface area contributed by atoms with Gasteiger partial charge in [0.1, 0.15) is 0 Å². The summed E-state index contributed by atoms with van der Waals surface area (Å²) < 4.78 is 39.3. The van der Waals surface area contributed by atoms with Gasteiger partial charge >= 0.3 is 6.18 Å². The first kappa shape index (κ1) is 14.6. The van der Waals surface area contributed by atoms with Gasteiger partial charge in [0.15, 0.2) is 0 Å². The Morgan fingerprint density at radius 2 is 1.80 bits per heavy atom. The molecule has 0 unspecified atom stereocenters. The van der Waals surface area contributed by atoms with Crippen molar-refractivity contribution in [3.8, 4) is 11.1 Å². The van der Waals surface area contributed by atoms with E-state index < -0.39 is 11.7 Å². The van der Waals surface area contributed by atoms with Crippen LogP contribution in [-0.2, 0) is 12.6 Å². The van der Waals surface area contributed by atoms with Crippen molar-refractivity contribution in [1.29, 1.82) is 0 Å². The largest absolute Gasteiger partial charge is 0.417 e. The van der Waals surface area contributed by atoms with E-state index in [0.717, 1.165) is 30.9 Å². The van der Waals surface area contributed by atoms with Crippen LogP contribution in [0, 0.1) is 6.07 Å². The minimum atomic E-state index is -4.34. The fourth-order valence-corrected chi connectivity index (χ4v) is 2.25. The van der Waals surface area contributed by atoms with E-state index in [1.807, 2.05) is 12.1 Å². The van der Waals surface area contributed by atoms with E-state index in [1.165, 1.54) is 12.1 Å². The Morgan fingerprint density at radius 1 is 1.05 bits per heavy atom. The van der Waals surface area contributed by atoms with Gasteiger partial charge in [-0.3, -0.25) is 0 Å². The van der Waals surface area contributed by atoms with E-state index in [4.69, 9.17) is 0 Å². The molecule has 20 heavy (non-hydrogen) atoms. The summed E-state index contributed by atoms with van der Waals surface area (Å²) in [4.78, 5) is 0. The zero-order valence-corrected chi connectivity index (χ0v) is 11.3. The van der Waals surface area contributed by atoms with Gasteiger partial charge in [-0.15, -0.1) is 0 Å². The molecule has 2 rings (SSSR count). The molecule has 0 N–H and O–H groups in total. The number of halogens is 3. The lowest BCUT2D eigenvalue weighted by Crippen LogP contribution is -2.07. The molecule has 3 heteroatoms. The highest BCUT2D eigenvalue weighted by Crippen LogP contribution is 2.38. The number of aryl methyl sites for hydroxylation is 1. The summed E-state index contributed by atoms with van der Waals surface area (Å²) in [6, 6.07) is 14.0. The molecule has 0 saturated carbocycles. The molecular weight excluding hydrogens is 261 g/mol. The molecule has 1 radical (unpaired) electrons. The second-order valence-corrected chi connectivity index (χ2v) is 4.72. The van der Waals surface area contributed by atoms with Gasteiger partial charge in [0.2, 0.25) is 0 Å². The first-order chi connectivity index (χ1) is 9.54. The molecule has 0 atom stereocenters. The quantitative estimate of drug-likeness (QED) is 0.690. The summed E-state index contributed by atoms with van der Waals surface area (Å²) >= 11 is 0. The number of benzene rings is 2. The molecule has 0 heterocycles. The Kier molecular flexibility index (Phi) is 4.48. The molecule has 0 aliphatic heterocycles. The van der Waals surface area contributed by atoms with Gasteiger partial charge < -0.3 is 0 Å². The molecule has 0 aliphatic carbocycles.